The Morgan fingerprint density at radius 1 is 1.19 bits per heavy atom. The molecule has 0 radical (unpaired) electrons. The molecule has 0 aliphatic rings. The molecule has 2 heterocycles. The van der Waals surface area contributed by atoms with Crippen LogP contribution in [0.25, 0.3) is 10.9 Å². The number of pyridine rings is 1. The molecule has 0 atom stereocenters. The Hall–Kier alpha value is -2.39. The highest BCUT2D eigenvalue weighted by atomic mass is 79.9. The number of carbonyl (C=O) groups is 1. The predicted octanol–water partition coefficient (Wildman–Crippen LogP) is 3.14. The van der Waals surface area contributed by atoms with Crippen molar-refractivity contribution in [2.45, 2.75) is 11.8 Å². The minimum atomic E-state index is -4.10. The third kappa shape index (κ3) is 2.86. The van der Waals surface area contributed by atoms with Gasteiger partial charge in [0.15, 0.2) is 0 Å². The van der Waals surface area contributed by atoms with Crippen LogP contribution in [0, 0.1) is 6.92 Å². The predicted molar refractivity (Wildman–Crippen MR) is 99.1 cm³/mol. The fourth-order valence-corrected chi connectivity index (χ4v) is 4.48. The summed E-state index contributed by atoms with van der Waals surface area (Å²) in [5.41, 5.74) is 0.925. The van der Waals surface area contributed by atoms with Crippen molar-refractivity contribution in [1.82, 2.24) is 8.96 Å². The Morgan fingerprint density at radius 3 is 2.42 bits per heavy atom. The van der Waals surface area contributed by atoms with Gasteiger partial charge in [0, 0.05) is 16.1 Å². The minimum Gasteiger partial charge on any atom is -0.479 e. The molecule has 2 aromatic heterocycles. The second-order valence-corrected chi connectivity index (χ2v) is 8.12. The molecular formula is C17H15BrN2O5S. The summed E-state index contributed by atoms with van der Waals surface area (Å²) in [4.78, 5) is 16.4. The first kappa shape index (κ1) is 18.4. The molecule has 0 saturated heterocycles. The van der Waals surface area contributed by atoms with Crippen LogP contribution >= 0.6 is 15.9 Å². The van der Waals surface area contributed by atoms with Gasteiger partial charge in [0.05, 0.1) is 19.1 Å². The van der Waals surface area contributed by atoms with Gasteiger partial charge in [0.25, 0.3) is 10.0 Å². The zero-order chi connectivity index (χ0) is 19.1. The Balaban J connectivity index is 2.45. The number of carbonyl (C=O) groups excluding carboxylic acids is 1. The number of hydrogen-bond acceptors (Lipinski definition) is 6. The summed E-state index contributed by atoms with van der Waals surface area (Å²) in [5.74, 6) is -0.708. The molecule has 136 valence electrons. The molecule has 1 aromatic carbocycles. The summed E-state index contributed by atoms with van der Waals surface area (Å²) in [5, 5.41) is 0.466. The first-order chi connectivity index (χ1) is 12.3. The normalized spacial score (nSPS) is 11.5. The van der Waals surface area contributed by atoms with Crippen LogP contribution < -0.4 is 4.74 Å². The summed E-state index contributed by atoms with van der Waals surface area (Å²) in [7, 11) is -1.53. The molecule has 3 aromatic rings. The van der Waals surface area contributed by atoms with Gasteiger partial charge in [0.1, 0.15) is 11.2 Å². The van der Waals surface area contributed by atoms with E-state index in [-0.39, 0.29) is 22.0 Å². The first-order valence-electron chi connectivity index (χ1n) is 7.45. The zero-order valence-corrected chi connectivity index (χ0v) is 16.6. The summed E-state index contributed by atoms with van der Waals surface area (Å²) < 4.78 is 38.0. The second-order valence-electron chi connectivity index (χ2n) is 5.48. The molecule has 0 unspecified atom stereocenters. The highest BCUT2D eigenvalue weighted by molar-refractivity contribution is 9.10. The van der Waals surface area contributed by atoms with Gasteiger partial charge in [-0.05, 0) is 41.1 Å². The van der Waals surface area contributed by atoms with Gasteiger partial charge in [-0.1, -0.05) is 17.7 Å². The lowest BCUT2D eigenvalue weighted by molar-refractivity contribution is 0.0593. The van der Waals surface area contributed by atoms with Crippen molar-refractivity contribution in [1.29, 1.82) is 0 Å². The van der Waals surface area contributed by atoms with Crippen molar-refractivity contribution < 1.29 is 22.7 Å². The Kier molecular flexibility index (Phi) is 4.76. The van der Waals surface area contributed by atoms with Gasteiger partial charge in [0.2, 0.25) is 5.88 Å². The van der Waals surface area contributed by atoms with Crippen molar-refractivity contribution >= 4 is 42.8 Å². The smallest absolute Gasteiger partial charge is 0.355 e. The maximum absolute atomic E-state index is 13.3. The van der Waals surface area contributed by atoms with E-state index >= 15 is 0 Å². The van der Waals surface area contributed by atoms with Crippen LogP contribution in [0.3, 0.4) is 0 Å². The SMILES string of the molecule is COC(=O)c1cc2c(Br)cnc(OC)c2n1S(=O)(=O)c1ccc(C)cc1. The number of aryl methyl sites for hydroxylation is 1. The van der Waals surface area contributed by atoms with Crippen LogP contribution in [0.2, 0.25) is 0 Å². The van der Waals surface area contributed by atoms with Gasteiger partial charge in [-0.3, -0.25) is 0 Å². The zero-order valence-electron chi connectivity index (χ0n) is 14.2. The van der Waals surface area contributed by atoms with Crippen molar-refractivity contribution in [3.8, 4) is 5.88 Å². The summed E-state index contributed by atoms with van der Waals surface area (Å²) in [6.45, 7) is 1.85. The standard InChI is InChI=1S/C17H15BrN2O5S/c1-10-4-6-11(7-5-10)26(22,23)20-14(17(21)25-3)8-12-13(18)9-19-16(24-2)15(12)20/h4-9H,1-3H3. The fourth-order valence-electron chi connectivity index (χ4n) is 2.58. The molecule has 0 saturated carbocycles. The molecular weight excluding hydrogens is 424 g/mol. The molecule has 0 bridgehead atoms. The number of methoxy groups -OCH3 is 2. The molecule has 0 spiro atoms. The summed E-state index contributed by atoms with van der Waals surface area (Å²) in [6.07, 6.45) is 1.48. The van der Waals surface area contributed by atoms with Crippen LogP contribution in [0.1, 0.15) is 16.1 Å². The van der Waals surface area contributed by atoms with Gasteiger partial charge in [-0.2, -0.15) is 0 Å². The van der Waals surface area contributed by atoms with Crippen LogP contribution in [0.5, 0.6) is 5.88 Å². The number of benzene rings is 1. The maximum atomic E-state index is 13.3. The van der Waals surface area contributed by atoms with E-state index in [1.54, 1.807) is 12.1 Å². The number of aromatic nitrogens is 2. The number of fused-ring (bicyclic) bond motifs is 1. The highest BCUT2D eigenvalue weighted by Gasteiger charge is 2.30. The lowest BCUT2D eigenvalue weighted by Crippen LogP contribution is -2.19. The quantitative estimate of drug-likeness (QED) is 0.581. The van der Waals surface area contributed by atoms with E-state index in [1.807, 2.05) is 6.92 Å². The van der Waals surface area contributed by atoms with Crippen LogP contribution in [-0.2, 0) is 14.8 Å². The van der Waals surface area contributed by atoms with Crippen molar-refractivity contribution in [3.05, 3.63) is 52.3 Å². The van der Waals surface area contributed by atoms with E-state index in [0.29, 0.717) is 9.86 Å². The van der Waals surface area contributed by atoms with E-state index in [9.17, 15) is 13.2 Å². The molecule has 0 aliphatic heterocycles. The third-order valence-corrected chi connectivity index (χ3v) is 6.22. The summed E-state index contributed by atoms with van der Waals surface area (Å²) >= 11 is 3.33. The molecule has 0 N–H and O–H groups in total. The Bertz CT molecular complexity index is 1100. The number of esters is 1. The van der Waals surface area contributed by atoms with Crippen molar-refractivity contribution in [3.63, 3.8) is 0 Å². The third-order valence-electron chi connectivity index (χ3n) is 3.86. The molecule has 3 rings (SSSR count). The van der Waals surface area contributed by atoms with Crippen LogP contribution in [-0.4, -0.2) is 37.6 Å². The number of hydrogen-bond donors (Lipinski definition) is 0. The highest BCUT2D eigenvalue weighted by Crippen LogP contribution is 2.35. The van der Waals surface area contributed by atoms with E-state index in [2.05, 4.69) is 20.9 Å². The van der Waals surface area contributed by atoms with E-state index < -0.39 is 16.0 Å². The number of nitrogens with zero attached hydrogens (tertiary/aromatic N) is 2. The monoisotopic (exact) mass is 438 g/mol. The Morgan fingerprint density at radius 2 is 1.85 bits per heavy atom. The van der Waals surface area contributed by atoms with E-state index in [4.69, 9.17) is 9.47 Å². The average molecular weight is 439 g/mol. The van der Waals surface area contributed by atoms with Crippen molar-refractivity contribution in [2.24, 2.45) is 0 Å². The second kappa shape index (κ2) is 6.73. The van der Waals surface area contributed by atoms with Gasteiger partial charge in [-0.15, -0.1) is 0 Å². The van der Waals surface area contributed by atoms with Crippen LogP contribution in [0.15, 0.2) is 45.9 Å². The Labute approximate surface area is 158 Å². The number of ether oxygens (including phenoxy) is 2. The molecule has 0 amide bonds. The first-order valence-corrected chi connectivity index (χ1v) is 9.69. The van der Waals surface area contributed by atoms with E-state index in [0.717, 1.165) is 9.54 Å². The summed E-state index contributed by atoms with van der Waals surface area (Å²) in [6, 6.07) is 7.76. The van der Waals surface area contributed by atoms with Gasteiger partial charge >= 0.3 is 5.97 Å². The van der Waals surface area contributed by atoms with Gasteiger partial charge in [-0.25, -0.2) is 22.2 Å². The maximum Gasteiger partial charge on any atom is 0.355 e. The lowest BCUT2D eigenvalue weighted by Gasteiger charge is -2.12. The topological polar surface area (TPSA) is 87.5 Å². The lowest BCUT2D eigenvalue weighted by atomic mass is 10.2. The molecule has 9 heteroatoms. The average Bonchev–Trinajstić information content (AvgIpc) is 3.04. The van der Waals surface area contributed by atoms with E-state index in [1.165, 1.54) is 38.6 Å². The number of halogens is 1. The fraction of sp³-hybridized carbons (Fsp3) is 0.176. The molecule has 0 fully saturated rings. The largest absolute Gasteiger partial charge is 0.479 e. The van der Waals surface area contributed by atoms with Gasteiger partial charge < -0.3 is 9.47 Å². The number of rotatable bonds is 4. The molecule has 0 aliphatic carbocycles. The van der Waals surface area contributed by atoms with Crippen LogP contribution in [0.4, 0.5) is 0 Å². The minimum absolute atomic E-state index is 0.0350. The molecule has 26 heavy (non-hydrogen) atoms. The molecule has 7 nitrogen and oxygen atoms in total. The van der Waals surface area contributed by atoms with Crippen molar-refractivity contribution in [2.75, 3.05) is 14.2 Å².